The molecule has 4 aliphatic rings. The molecule has 26 heavy (non-hydrogen) atoms. The van der Waals surface area contributed by atoms with Gasteiger partial charge in [0.1, 0.15) is 0 Å². The third-order valence-electron chi connectivity index (χ3n) is 10.1. The Kier molecular flexibility index (Phi) is 4.86. The molecule has 0 aliphatic heterocycles. The zero-order valence-electron chi connectivity index (χ0n) is 17.8. The van der Waals surface area contributed by atoms with E-state index >= 15 is 0 Å². The van der Waals surface area contributed by atoms with E-state index in [1.54, 1.807) is 0 Å². The second-order valence-electron chi connectivity index (χ2n) is 11.2. The first-order chi connectivity index (χ1) is 12.3. The average molecular weight is 359 g/mol. The van der Waals surface area contributed by atoms with Crippen LogP contribution < -0.4 is 0 Å². The van der Waals surface area contributed by atoms with Crippen LogP contribution in [0.1, 0.15) is 91.9 Å². The molecule has 1 nitrogen and oxygen atoms in total. The first kappa shape index (κ1) is 19.0. The molecule has 9 atom stereocenters. The Morgan fingerprint density at radius 2 is 1.85 bits per heavy atom. The van der Waals surface area contributed by atoms with Gasteiger partial charge in [-0.25, -0.2) is 0 Å². The third kappa shape index (κ3) is 2.66. The number of rotatable bonds is 3. The number of aliphatic hydroxyl groups is 1. The van der Waals surface area contributed by atoms with Gasteiger partial charge in [-0.2, -0.15) is 0 Å². The van der Waals surface area contributed by atoms with E-state index in [9.17, 15) is 5.11 Å². The van der Waals surface area contributed by atoms with Gasteiger partial charge in [0.2, 0.25) is 0 Å². The normalized spacial score (nSPS) is 52.1. The highest BCUT2D eigenvalue weighted by atomic mass is 16.3. The topological polar surface area (TPSA) is 20.2 Å². The molecule has 5 unspecified atom stereocenters. The molecule has 0 bridgehead atoms. The van der Waals surface area contributed by atoms with Crippen LogP contribution in [0.15, 0.2) is 12.2 Å². The second-order valence-corrected chi connectivity index (χ2v) is 11.2. The van der Waals surface area contributed by atoms with Gasteiger partial charge in [-0.15, -0.1) is 0 Å². The lowest BCUT2D eigenvalue weighted by Crippen LogP contribution is -2.57. The largest absolute Gasteiger partial charge is 0.393 e. The quantitative estimate of drug-likeness (QED) is 0.563. The Morgan fingerprint density at radius 1 is 1.12 bits per heavy atom. The van der Waals surface area contributed by atoms with Crippen LogP contribution in [0.2, 0.25) is 0 Å². The summed E-state index contributed by atoms with van der Waals surface area (Å²) < 4.78 is 0. The summed E-state index contributed by atoms with van der Waals surface area (Å²) in [6, 6.07) is 0. The Morgan fingerprint density at radius 3 is 2.58 bits per heavy atom. The maximum Gasteiger partial charge on any atom is 0.0577 e. The standard InChI is InChI=1S/C25H42O/c1-6-7-17(3)19-8-9-20-23-21(11-13-25(19,20)5)24(4)12-10-16(2)14-18(24)15-22(23)26/h17-23,26H,2,6-15H2,1,3-5H3/t17-,18?,19?,20?,21?,22-,23?,24+,25-/m1/s1. The van der Waals surface area contributed by atoms with Crippen LogP contribution in [-0.4, -0.2) is 11.2 Å². The van der Waals surface area contributed by atoms with Gasteiger partial charge in [0.15, 0.2) is 0 Å². The molecule has 4 saturated carbocycles. The zero-order chi connectivity index (χ0) is 18.7. The third-order valence-corrected chi connectivity index (χ3v) is 10.1. The molecule has 0 aromatic rings. The summed E-state index contributed by atoms with van der Waals surface area (Å²) >= 11 is 0. The van der Waals surface area contributed by atoms with E-state index in [-0.39, 0.29) is 6.10 Å². The Bertz CT molecular complexity index is 552. The number of allylic oxidation sites excluding steroid dienone is 1. The average Bonchev–Trinajstić information content (AvgIpc) is 2.94. The number of hydrogen-bond acceptors (Lipinski definition) is 1. The van der Waals surface area contributed by atoms with Crippen molar-refractivity contribution in [2.45, 2.75) is 98.0 Å². The van der Waals surface area contributed by atoms with Crippen molar-refractivity contribution in [1.29, 1.82) is 0 Å². The molecule has 0 heterocycles. The van der Waals surface area contributed by atoms with Gasteiger partial charge in [-0.05, 0) is 97.7 Å². The van der Waals surface area contributed by atoms with E-state index in [4.69, 9.17) is 0 Å². The minimum Gasteiger partial charge on any atom is -0.393 e. The van der Waals surface area contributed by atoms with Crippen molar-refractivity contribution in [2.75, 3.05) is 0 Å². The molecule has 4 rings (SSSR count). The lowest BCUT2D eigenvalue weighted by atomic mass is 9.43. The fourth-order valence-corrected chi connectivity index (χ4v) is 8.76. The Balaban J connectivity index is 1.61. The van der Waals surface area contributed by atoms with E-state index in [0.29, 0.717) is 22.7 Å². The maximum absolute atomic E-state index is 11.3. The van der Waals surface area contributed by atoms with Crippen molar-refractivity contribution >= 4 is 0 Å². The van der Waals surface area contributed by atoms with E-state index in [2.05, 4.69) is 34.3 Å². The van der Waals surface area contributed by atoms with Crippen LogP contribution in [0.5, 0.6) is 0 Å². The maximum atomic E-state index is 11.3. The number of aliphatic hydroxyl groups excluding tert-OH is 1. The van der Waals surface area contributed by atoms with Gasteiger partial charge in [-0.1, -0.05) is 52.7 Å². The molecule has 148 valence electrons. The molecule has 0 aromatic carbocycles. The lowest BCUT2D eigenvalue weighted by Gasteiger charge is -2.62. The summed E-state index contributed by atoms with van der Waals surface area (Å²) in [6.45, 7) is 14.3. The summed E-state index contributed by atoms with van der Waals surface area (Å²) in [4.78, 5) is 0. The van der Waals surface area contributed by atoms with Gasteiger partial charge in [0, 0.05) is 0 Å². The van der Waals surface area contributed by atoms with Crippen LogP contribution in [0.3, 0.4) is 0 Å². The fraction of sp³-hybridized carbons (Fsp3) is 0.920. The highest BCUT2D eigenvalue weighted by Gasteiger charge is 2.62. The molecule has 0 spiro atoms. The highest BCUT2D eigenvalue weighted by Crippen LogP contribution is 2.68. The van der Waals surface area contributed by atoms with Crippen LogP contribution in [-0.2, 0) is 0 Å². The molecule has 1 heteroatoms. The monoisotopic (exact) mass is 358 g/mol. The van der Waals surface area contributed by atoms with Gasteiger partial charge < -0.3 is 5.11 Å². The zero-order valence-corrected chi connectivity index (χ0v) is 17.8. The highest BCUT2D eigenvalue weighted by molar-refractivity contribution is 5.15. The first-order valence-corrected chi connectivity index (χ1v) is 11.7. The fourth-order valence-electron chi connectivity index (χ4n) is 8.76. The smallest absolute Gasteiger partial charge is 0.0577 e. The van der Waals surface area contributed by atoms with Crippen molar-refractivity contribution in [1.82, 2.24) is 0 Å². The predicted molar refractivity (Wildman–Crippen MR) is 110 cm³/mol. The van der Waals surface area contributed by atoms with Crippen molar-refractivity contribution in [3.63, 3.8) is 0 Å². The molecular weight excluding hydrogens is 316 g/mol. The lowest BCUT2D eigenvalue weighted by molar-refractivity contribution is -0.160. The molecule has 0 saturated heterocycles. The van der Waals surface area contributed by atoms with Gasteiger partial charge >= 0.3 is 0 Å². The number of fused-ring (bicyclic) bond motifs is 5. The Hall–Kier alpha value is -0.300. The number of hydrogen-bond donors (Lipinski definition) is 1. The van der Waals surface area contributed by atoms with E-state index in [1.165, 1.54) is 63.4 Å². The molecule has 4 fully saturated rings. The van der Waals surface area contributed by atoms with Crippen molar-refractivity contribution in [2.24, 2.45) is 46.3 Å². The van der Waals surface area contributed by atoms with Crippen LogP contribution in [0, 0.1) is 46.3 Å². The van der Waals surface area contributed by atoms with E-state index in [1.807, 2.05) is 0 Å². The first-order valence-electron chi connectivity index (χ1n) is 11.7. The summed E-state index contributed by atoms with van der Waals surface area (Å²) in [6.07, 6.45) is 13.0. The van der Waals surface area contributed by atoms with Crippen LogP contribution >= 0.6 is 0 Å². The van der Waals surface area contributed by atoms with E-state index in [0.717, 1.165) is 30.1 Å². The van der Waals surface area contributed by atoms with Crippen molar-refractivity contribution < 1.29 is 5.11 Å². The van der Waals surface area contributed by atoms with Crippen molar-refractivity contribution in [3.05, 3.63) is 12.2 Å². The molecule has 0 aromatic heterocycles. The molecular formula is C25H42O. The van der Waals surface area contributed by atoms with Crippen LogP contribution in [0.25, 0.3) is 0 Å². The van der Waals surface area contributed by atoms with Gasteiger partial charge in [0.25, 0.3) is 0 Å². The predicted octanol–water partition coefficient (Wildman–Crippen LogP) is 6.61. The summed E-state index contributed by atoms with van der Waals surface area (Å²) in [5.41, 5.74) is 2.38. The van der Waals surface area contributed by atoms with Crippen molar-refractivity contribution in [3.8, 4) is 0 Å². The Labute approximate surface area is 162 Å². The summed E-state index contributed by atoms with van der Waals surface area (Å²) in [5, 5.41) is 11.3. The summed E-state index contributed by atoms with van der Waals surface area (Å²) in [5.74, 6) is 4.51. The molecule has 1 N–H and O–H groups in total. The van der Waals surface area contributed by atoms with E-state index < -0.39 is 0 Å². The SMILES string of the molecule is C=C1CC[C@@]2(C)C(C1)C[C@@H](O)C1C2CC[C@@]2(C)C1CCC2[C@H](C)CCC. The van der Waals surface area contributed by atoms with Crippen LogP contribution in [0.4, 0.5) is 0 Å². The summed E-state index contributed by atoms with van der Waals surface area (Å²) in [7, 11) is 0. The van der Waals surface area contributed by atoms with Gasteiger partial charge in [0.05, 0.1) is 6.10 Å². The molecule has 4 aliphatic carbocycles. The second kappa shape index (κ2) is 6.64. The van der Waals surface area contributed by atoms with Gasteiger partial charge in [-0.3, -0.25) is 0 Å². The molecule has 0 amide bonds. The molecule has 0 radical (unpaired) electrons. The minimum atomic E-state index is -0.0613. The minimum absolute atomic E-state index is 0.0613.